The Morgan fingerprint density at radius 3 is 2.38 bits per heavy atom. The Morgan fingerprint density at radius 1 is 1.38 bits per heavy atom. The number of aliphatic hydroxyl groups is 1. The highest BCUT2D eigenvalue weighted by atomic mass is 32.2. The number of sulfonamides is 1. The van der Waals surface area contributed by atoms with Gasteiger partial charge in [0.15, 0.2) is 0 Å². The molecule has 76 valence electrons. The minimum Gasteiger partial charge on any atom is -0.390 e. The fourth-order valence-corrected chi connectivity index (χ4v) is 2.90. The molecule has 2 rings (SSSR count). The molecule has 1 aliphatic heterocycles. The molecule has 1 saturated heterocycles. The molecule has 4 nitrogen and oxygen atoms in total. The van der Waals surface area contributed by atoms with Crippen molar-refractivity contribution in [2.24, 2.45) is 0 Å². The summed E-state index contributed by atoms with van der Waals surface area (Å²) in [7, 11) is -2.91. The summed E-state index contributed by atoms with van der Waals surface area (Å²) in [6, 6.07) is 0. The molecular formula is C8H15NO3S. The second-order valence-electron chi connectivity index (χ2n) is 4.04. The van der Waals surface area contributed by atoms with Gasteiger partial charge in [0.05, 0.1) is 11.4 Å². The number of hydrogen-bond donors (Lipinski definition) is 1. The van der Waals surface area contributed by atoms with E-state index < -0.39 is 15.6 Å². The van der Waals surface area contributed by atoms with Crippen LogP contribution in [0.2, 0.25) is 0 Å². The van der Waals surface area contributed by atoms with E-state index in [1.807, 2.05) is 0 Å². The van der Waals surface area contributed by atoms with E-state index in [9.17, 15) is 13.5 Å². The van der Waals surface area contributed by atoms with Crippen LogP contribution in [-0.2, 0) is 10.0 Å². The lowest BCUT2D eigenvalue weighted by molar-refractivity contribution is -0.0430. The molecule has 2 fully saturated rings. The SMILES string of the molecule is O=S1(=O)CCN1CCC1(O)CCC1. The summed E-state index contributed by atoms with van der Waals surface area (Å²) in [4.78, 5) is 0. The quantitative estimate of drug-likeness (QED) is 0.702. The summed E-state index contributed by atoms with van der Waals surface area (Å²) < 4.78 is 23.6. The third-order valence-electron chi connectivity index (χ3n) is 3.10. The van der Waals surface area contributed by atoms with Gasteiger partial charge in [0, 0.05) is 13.1 Å². The average Bonchev–Trinajstić information content (AvgIpc) is 2.00. The van der Waals surface area contributed by atoms with Crippen molar-refractivity contribution in [2.45, 2.75) is 31.3 Å². The molecule has 0 aromatic heterocycles. The lowest BCUT2D eigenvalue weighted by Crippen LogP contribution is -2.50. The predicted molar refractivity (Wildman–Crippen MR) is 48.8 cm³/mol. The van der Waals surface area contributed by atoms with Gasteiger partial charge < -0.3 is 5.11 Å². The molecule has 0 atom stereocenters. The Kier molecular flexibility index (Phi) is 2.13. The zero-order valence-electron chi connectivity index (χ0n) is 7.57. The van der Waals surface area contributed by atoms with Crippen molar-refractivity contribution in [3.05, 3.63) is 0 Å². The molecule has 13 heavy (non-hydrogen) atoms. The van der Waals surface area contributed by atoms with Crippen LogP contribution in [0.15, 0.2) is 0 Å². The molecule has 0 amide bonds. The maximum Gasteiger partial charge on any atom is 0.215 e. The van der Waals surface area contributed by atoms with Crippen molar-refractivity contribution >= 4 is 10.0 Å². The van der Waals surface area contributed by atoms with Crippen LogP contribution in [0.5, 0.6) is 0 Å². The zero-order valence-corrected chi connectivity index (χ0v) is 8.39. The van der Waals surface area contributed by atoms with Crippen molar-refractivity contribution in [1.82, 2.24) is 4.31 Å². The van der Waals surface area contributed by atoms with E-state index in [-0.39, 0.29) is 5.75 Å². The summed E-state index contributed by atoms with van der Waals surface area (Å²) in [6.45, 7) is 1.14. The third kappa shape index (κ3) is 1.73. The molecule has 0 bridgehead atoms. The van der Waals surface area contributed by atoms with Crippen LogP contribution in [0, 0.1) is 0 Å². The molecule has 1 heterocycles. The summed E-state index contributed by atoms with van der Waals surface area (Å²) >= 11 is 0. The fourth-order valence-electron chi connectivity index (χ4n) is 1.79. The van der Waals surface area contributed by atoms with Crippen molar-refractivity contribution in [1.29, 1.82) is 0 Å². The van der Waals surface area contributed by atoms with Gasteiger partial charge in [-0.15, -0.1) is 0 Å². The van der Waals surface area contributed by atoms with E-state index in [2.05, 4.69) is 0 Å². The van der Waals surface area contributed by atoms with Crippen molar-refractivity contribution in [3.63, 3.8) is 0 Å². The second kappa shape index (κ2) is 2.93. The van der Waals surface area contributed by atoms with Gasteiger partial charge >= 0.3 is 0 Å². The van der Waals surface area contributed by atoms with Gasteiger partial charge in [-0.3, -0.25) is 0 Å². The van der Waals surface area contributed by atoms with Gasteiger partial charge in [0.2, 0.25) is 10.0 Å². The Hall–Kier alpha value is -0.130. The molecular weight excluding hydrogens is 190 g/mol. The fraction of sp³-hybridized carbons (Fsp3) is 1.00. The first kappa shape index (κ1) is 9.43. The Labute approximate surface area is 78.6 Å². The van der Waals surface area contributed by atoms with E-state index in [1.165, 1.54) is 4.31 Å². The molecule has 5 heteroatoms. The molecule has 1 N–H and O–H groups in total. The number of rotatable bonds is 3. The molecule has 0 aromatic rings. The average molecular weight is 205 g/mol. The van der Waals surface area contributed by atoms with Gasteiger partial charge in [-0.25, -0.2) is 12.7 Å². The Bertz CT molecular complexity index is 295. The minimum absolute atomic E-state index is 0.283. The summed E-state index contributed by atoms with van der Waals surface area (Å²) in [5.74, 6) is 0.283. The molecule has 1 saturated carbocycles. The van der Waals surface area contributed by atoms with Gasteiger partial charge in [-0.1, -0.05) is 0 Å². The monoisotopic (exact) mass is 205 g/mol. The first-order valence-electron chi connectivity index (χ1n) is 4.72. The van der Waals surface area contributed by atoms with Crippen LogP contribution in [-0.4, -0.2) is 42.3 Å². The smallest absolute Gasteiger partial charge is 0.215 e. The van der Waals surface area contributed by atoms with Crippen LogP contribution >= 0.6 is 0 Å². The predicted octanol–water partition coefficient (Wildman–Crippen LogP) is -0.0631. The maximum atomic E-state index is 11.1. The summed E-state index contributed by atoms with van der Waals surface area (Å²) in [6.07, 6.45) is 3.34. The van der Waals surface area contributed by atoms with Gasteiger partial charge in [0.25, 0.3) is 0 Å². The highest BCUT2D eigenvalue weighted by molar-refractivity contribution is 7.90. The van der Waals surface area contributed by atoms with Crippen LogP contribution < -0.4 is 0 Å². The topological polar surface area (TPSA) is 57.6 Å². The minimum atomic E-state index is -2.91. The second-order valence-corrected chi connectivity index (χ2v) is 6.13. The van der Waals surface area contributed by atoms with Crippen LogP contribution in [0.1, 0.15) is 25.7 Å². The lowest BCUT2D eigenvalue weighted by atomic mass is 9.78. The number of hydrogen-bond acceptors (Lipinski definition) is 3. The highest BCUT2D eigenvalue weighted by Gasteiger charge is 2.38. The van der Waals surface area contributed by atoms with E-state index in [4.69, 9.17) is 0 Å². The third-order valence-corrected chi connectivity index (χ3v) is 4.95. The van der Waals surface area contributed by atoms with E-state index in [0.717, 1.165) is 19.3 Å². The lowest BCUT2D eigenvalue weighted by Gasteiger charge is -2.39. The largest absolute Gasteiger partial charge is 0.390 e. The van der Waals surface area contributed by atoms with E-state index >= 15 is 0 Å². The number of nitrogens with zero attached hydrogens (tertiary/aromatic N) is 1. The Balaban J connectivity index is 1.80. The van der Waals surface area contributed by atoms with Gasteiger partial charge in [-0.05, 0) is 25.7 Å². The van der Waals surface area contributed by atoms with Crippen molar-refractivity contribution in [3.8, 4) is 0 Å². The van der Waals surface area contributed by atoms with Gasteiger partial charge in [-0.2, -0.15) is 0 Å². The standard InChI is InChI=1S/C8H15NO3S/c10-8(2-1-3-8)4-5-9-6-7-13(9,11)12/h10H,1-7H2. The van der Waals surface area contributed by atoms with Crippen LogP contribution in [0.25, 0.3) is 0 Å². The summed E-state index contributed by atoms with van der Waals surface area (Å²) in [5.41, 5.74) is -0.550. The highest BCUT2D eigenvalue weighted by Crippen LogP contribution is 2.35. The molecule has 0 radical (unpaired) electrons. The van der Waals surface area contributed by atoms with Crippen molar-refractivity contribution in [2.75, 3.05) is 18.8 Å². The van der Waals surface area contributed by atoms with Crippen LogP contribution in [0.4, 0.5) is 0 Å². The van der Waals surface area contributed by atoms with Crippen molar-refractivity contribution < 1.29 is 13.5 Å². The first-order valence-corrected chi connectivity index (χ1v) is 6.33. The molecule has 2 aliphatic rings. The molecule has 1 aliphatic carbocycles. The van der Waals surface area contributed by atoms with E-state index in [0.29, 0.717) is 19.5 Å². The normalized spacial score (nSPS) is 30.5. The van der Waals surface area contributed by atoms with Crippen LogP contribution in [0.3, 0.4) is 0 Å². The first-order chi connectivity index (χ1) is 6.02. The molecule has 0 aromatic carbocycles. The maximum absolute atomic E-state index is 11.1. The van der Waals surface area contributed by atoms with Gasteiger partial charge in [0.1, 0.15) is 0 Å². The Morgan fingerprint density at radius 2 is 2.08 bits per heavy atom. The summed E-state index contributed by atoms with van der Waals surface area (Å²) in [5, 5.41) is 9.73. The molecule has 0 unspecified atom stereocenters. The van der Waals surface area contributed by atoms with E-state index in [1.54, 1.807) is 0 Å². The molecule has 0 spiro atoms. The zero-order chi connectivity index (χ0) is 9.53.